The van der Waals surface area contributed by atoms with E-state index in [1.165, 1.54) is 0 Å². The van der Waals surface area contributed by atoms with Gasteiger partial charge in [-0.05, 0) is 89.0 Å². The first-order valence-electron chi connectivity index (χ1n) is 16.6. The van der Waals surface area contributed by atoms with E-state index < -0.39 is 34.6 Å². The van der Waals surface area contributed by atoms with E-state index in [2.05, 4.69) is 12.2 Å². The Morgan fingerprint density at radius 2 is 1.78 bits per heavy atom. The molecule has 8 heteroatoms. The fourth-order valence-electron chi connectivity index (χ4n) is 8.62. The van der Waals surface area contributed by atoms with E-state index in [1.54, 1.807) is 0 Å². The number of epoxide rings is 1. The summed E-state index contributed by atoms with van der Waals surface area (Å²) in [5, 5.41) is 12.7. The van der Waals surface area contributed by atoms with Gasteiger partial charge in [-0.15, -0.1) is 0 Å². The number of fused-ring (bicyclic) bond motifs is 2. The predicted molar refractivity (Wildman–Crippen MR) is 155 cm³/mol. The molecule has 6 atom stereocenters. The summed E-state index contributed by atoms with van der Waals surface area (Å²) < 4.78 is 12.6. The second-order valence-corrected chi connectivity index (χ2v) is 13.9. The molecule has 6 unspecified atom stereocenters. The van der Waals surface area contributed by atoms with Crippen molar-refractivity contribution < 1.29 is 34.3 Å². The number of piperidine rings is 1. The van der Waals surface area contributed by atoms with Gasteiger partial charge in [0.05, 0.1) is 13.2 Å². The van der Waals surface area contributed by atoms with Gasteiger partial charge in [0, 0.05) is 24.7 Å². The van der Waals surface area contributed by atoms with Crippen molar-refractivity contribution in [2.75, 3.05) is 13.2 Å². The molecule has 3 saturated carbocycles. The number of rotatable bonds is 12. The minimum Gasteiger partial charge on any atom is -0.457 e. The number of carbonyl (C=O) groups excluding carboxylic acids is 3. The summed E-state index contributed by atoms with van der Waals surface area (Å²) in [6.45, 7) is 4.96. The van der Waals surface area contributed by atoms with Crippen molar-refractivity contribution in [3.63, 3.8) is 0 Å². The van der Waals surface area contributed by atoms with Crippen LogP contribution in [-0.4, -0.2) is 58.8 Å². The first-order valence-corrected chi connectivity index (χ1v) is 16.6. The van der Waals surface area contributed by atoms with Crippen LogP contribution in [0.4, 0.5) is 0 Å². The average molecular weight is 574 g/mol. The minimum atomic E-state index is -1.87. The zero-order valence-electron chi connectivity index (χ0n) is 25.4. The van der Waals surface area contributed by atoms with Crippen LogP contribution >= 0.6 is 0 Å². The number of esters is 1. The Labute approximate surface area is 245 Å². The Morgan fingerprint density at radius 1 is 1.07 bits per heavy atom. The highest BCUT2D eigenvalue weighted by molar-refractivity contribution is 6.23. The van der Waals surface area contributed by atoms with E-state index in [0.717, 1.165) is 102 Å². The van der Waals surface area contributed by atoms with E-state index >= 15 is 0 Å². The van der Waals surface area contributed by atoms with Crippen molar-refractivity contribution in [2.24, 2.45) is 23.5 Å². The Kier molecular flexibility index (Phi) is 9.44. The molecule has 0 spiro atoms. The molecule has 230 valence electrons. The van der Waals surface area contributed by atoms with Crippen LogP contribution in [0.5, 0.6) is 0 Å². The SMILES string of the molecule is CCCCCC1(OC(=O)C23OC2(CC(CO)=C(C)CCC2CC[NH2+]C(N)C2)C(=O)C2CCCCC2C3=O)CCCC1. The number of hydrogen-bond acceptors (Lipinski definition) is 7. The molecule has 5 N–H and O–H groups in total. The number of Topliss-reactive ketones (excluding diaryl/α,β-unsaturated/α-hetero) is 2. The zero-order valence-corrected chi connectivity index (χ0v) is 25.4. The van der Waals surface area contributed by atoms with Crippen molar-refractivity contribution in [1.29, 1.82) is 0 Å². The molecular weight excluding hydrogens is 520 g/mol. The monoisotopic (exact) mass is 573 g/mol. The predicted octanol–water partition coefficient (Wildman–Crippen LogP) is 3.63. The number of allylic oxidation sites excluding steroid dienone is 1. The number of nitrogens with two attached hydrogens (primary N) is 2. The molecule has 2 saturated heterocycles. The minimum absolute atomic E-state index is 0.0824. The number of unbranched alkanes of at least 4 members (excludes halogenated alkanes) is 2. The molecule has 0 aromatic heterocycles. The molecule has 2 heterocycles. The highest BCUT2D eigenvalue weighted by atomic mass is 16.7. The Morgan fingerprint density at radius 3 is 2.44 bits per heavy atom. The van der Waals surface area contributed by atoms with Crippen LogP contribution in [-0.2, 0) is 23.9 Å². The summed E-state index contributed by atoms with van der Waals surface area (Å²) in [6, 6.07) is 0. The maximum absolute atomic E-state index is 14.2. The highest BCUT2D eigenvalue weighted by Gasteiger charge is 2.87. The number of quaternary nitrogens is 1. The van der Waals surface area contributed by atoms with E-state index in [-0.39, 0.29) is 30.8 Å². The van der Waals surface area contributed by atoms with Crippen LogP contribution in [0.3, 0.4) is 0 Å². The Hall–Kier alpha value is -1.61. The second kappa shape index (κ2) is 12.6. The second-order valence-electron chi connectivity index (χ2n) is 13.9. The van der Waals surface area contributed by atoms with Gasteiger partial charge in [0.25, 0.3) is 5.60 Å². The summed E-state index contributed by atoms with van der Waals surface area (Å²) in [5.74, 6) is -1.39. The van der Waals surface area contributed by atoms with E-state index in [4.69, 9.17) is 15.2 Å². The van der Waals surface area contributed by atoms with E-state index in [1.807, 2.05) is 6.92 Å². The molecular formula is C33H53N2O6+. The summed E-state index contributed by atoms with van der Waals surface area (Å²) in [4.78, 5) is 42.6. The van der Waals surface area contributed by atoms with Gasteiger partial charge in [0.15, 0.2) is 17.2 Å². The fourth-order valence-corrected chi connectivity index (χ4v) is 8.62. The molecule has 8 nitrogen and oxygen atoms in total. The van der Waals surface area contributed by atoms with Crippen LogP contribution in [0.2, 0.25) is 0 Å². The van der Waals surface area contributed by atoms with Crippen LogP contribution in [0.1, 0.15) is 123 Å². The lowest BCUT2D eigenvalue weighted by Crippen LogP contribution is -2.94. The van der Waals surface area contributed by atoms with Gasteiger partial charge in [-0.3, -0.25) is 15.3 Å². The van der Waals surface area contributed by atoms with Crippen LogP contribution in [0.25, 0.3) is 0 Å². The Bertz CT molecular complexity index is 1030. The number of ether oxygens (including phenoxy) is 2. The molecule has 3 aliphatic carbocycles. The van der Waals surface area contributed by atoms with Crippen molar-refractivity contribution >= 4 is 17.5 Å². The first kappa shape index (κ1) is 30.8. The van der Waals surface area contributed by atoms with Crippen LogP contribution in [0, 0.1) is 17.8 Å². The lowest BCUT2D eigenvalue weighted by atomic mass is 9.60. The zero-order chi connectivity index (χ0) is 29.3. The number of aliphatic hydroxyl groups is 1. The van der Waals surface area contributed by atoms with Crippen molar-refractivity contribution in [2.45, 2.75) is 146 Å². The quantitative estimate of drug-likeness (QED) is 0.107. The van der Waals surface area contributed by atoms with Gasteiger partial charge in [-0.2, -0.15) is 0 Å². The molecule has 0 aromatic rings. The largest absolute Gasteiger partial charge is 0.457 e. The van der Waals surface area contributed by atoms with Crippen molar-refractivity contribution in [1.82, 2.24) is 0 Å². The van der Waals surface area contributed by atoms with Crippen LogP contribution < -0.4 is 11.1 Å². The third kappa shape index (κ3) is 5.71. The lowest BCUT2D eigenvalue weighted by molar-refractivity contribution is -0.699. The first-order chi connectivity index (χ1) is 19.7. The maximum Gasteiger partial charge on any atom is 0.350 e. The van der Waals surface area contributed by atoms with E-state index in [9.17, 15) is 19.5 Å². The summed E-state index contributed by atoms with van der Waals surface area (Å²) >= 11 is 0. The molecule has 0 bridgehead atoms. The number of ketones is 2. The average Bonchev–Trinajstić information content (AvgIpc) is 3.48. The van der Waals surface area contributed by atoms with Gasteiger partial charge in [-0.25, -0.2) is 4.79 Å². The number of hydrogen-bond donors (Lipinski definition) is 3. The lowest BCUT2D eigenvalue weighted by Gasteiger charge is -2.38. The van der Waals surface area contributed by atoms with Gasteiger partial charge < -0.3 is 19.9 Å². The smallest absolute Gasteiger partial charge is 0.350 e. The van der Waals surface area contributed by atoms with Crippen molar-refractivity contribution in [3.8, 4) is 0 Å². The highest BCUT2D eigenvalue weighted by Crippen LogP contribution is 2.62. The molecule has 5 rings (SSSR count). The van der Waals surface area contributed by atoms with Gasteiger partial charge in [0.1, 0.15) is 11.8 Å². The molecule has 0 amide bonds. The third-order valence-electron chi connectivity index (χ3n) is 11.2. The third-order valence-corrected chi connectivity index (χ3v) is 11.2. The van der Waals surface area contributed by atoms with Gasteiger partial charge >= 0.3 is 5.97 Å². The summed E-state index contributed by atoms with van der Waals surface area (Å²) in [6.07, 6.45) is 14.6. The van der Waals surface area contributed by atoms with E-state index in [0.29, 0.717) is 24.3 Å². The summed E-state index contributed by atoms with van der Waals surface area (Å²) in [7, 11) is 0. The standard InChI is InChI=1S/C33H52N2O6/c1-3-4-7-15-31(16-8-9-17-31)40-30(39)33-29(38)26-11-6-5-10-25(26)28(37)32(33,41-33)20-24(21-36)22(2)12-13-23-14-18-35-27(34)19-23/h23,25-27,35-36H,3-21,34H2,1-2H3/p+1. The number of carbonyl (C=O) groups is 3. The molecule has 0 aromatic carbocycles. The van der Waals surface area contributed by atoms with Gasteiger partial charge in [-0.1, -0.05) is 38.2 Å². The molecule has 2 aliphatic heterocycles. The fraction of sp³-hybridized carbons (Fsp3) is 0.848. The maximum atomic E-state index is 14.2. The van der Waals surface area contributed by atoms with Crippen LogP contribution in [0.15, 0.2) is 11.1 Å². The molecule has 0 radical (unpaired) electrons. The molecule has 5 aliphatic rings. The Balaban J connectivity index is 1.40. The normalized spacial score (nSPS) is 36.8. The van der Waals surface area contributed by atoms with Crippen molar-refractivity contribution in [3.05, 3.63) is 11.1 Å². The molecule has 41 heavy (non-hydrogen) atoms. The number of aliphatic hydroxyl groups excluding tert-OH is 1. The topological polar surface area (TPSA) is 136 Å². The molecule has 5 fully saturated rings. The van der Waals surface area contributed by atoms with Gasteiger partial charge in [0.2, 0.25) is 0 Å². The summed E-state index contributed by atoms with van der Waals surface area (Å²) in [5.41, 5.74) is 3.89.